The number of nitrogens with one attached hydrogen (secondary N) is 1. The summed E-state index contributed by atoms with van der Waals surface area (Å²) < 4.78 is 10.3. The first-order valence-electron chi connectivity index (χ1n) is 5.63. The summed E-state index contributed by atoms with van der Waals surface area (Å²) in [6, 6.07) is 5.23. The van der Waals surface area contributed by atoms with Crippen LogP contribution in [0.2, 0.25) is 0 Å². The number of amides is 1. The second-order valence-corrected chi connectivity index (χ2v) is 3.47. The molecule has 1 rings (SSSR count). The maximum atomic E-state index is 12.0. The Bertz CT molecular complexity index is 449. The molecule has 96 valence electrons. The fraction of sp³-hybridized carbons (Fsp3) is 0.357. The van der Waals surface area contributed by atoms with Crippen LogP contribution < -0.4 is 14.8 Å². The molecule has 1 aromatic carbocycles. The van der Waals surface area contributed by atoms with Crippen LogP contribution in [0.1, 0.15) is 23.7 Å². The normalized spacial score (nSPS) is 9.06. The fourth-order valence-electron chi connectivity index (χ4n) is 1.53. The third kappa shape index (κ3) is 3.42. The largest absolute Gasteiger partial charge is 0.496 e. The monoisotopic (exact) mass is 247 g/mol. The lowest BCUT2D eigenvalue weighted by atomic mass is 10.1. The van der Waals surface area contributed by atoms with Gasteiger partial charge >= 0.3 is 0 Å². The van der Waals surface area contributed by atoms with Crippen molar-refractivity contribution >= 4 is 5.91 Å². The zero-order valence-electron chi connectivity index (χ0n) is 10.9. The smallest absolute Gasteiger partial charge is 0.258 e. The maximum Gasteiger partial charge on any atom is 0.258 e. The molecule has 0 atom stereocenters. The van der Waals surface area contributed by atoms with Crippen LogP contribution in [0.5, 0.6) is 11.5 Å². The highest BCUT2D eigenvalue weighted by Crippen LogP contribution is 2.27. The van der Waals surface area contributed by atoms with E-state index in [0.717, 1.165) is 0 Å². The Morgan fingerprint density at radius 3 is 2.39 bits per heavy atom. The van der Waals surface area contributed by atoms with Crippen LogP contribution >= 0.6 is 0 Å². The molecule has 0 saturated carbocycles. The molecule has 4 heteroatoms. The molecule has 1 N–H and O–H groups in total. The summed E-state index contributed by atoms with van der Waals surface area (Å²) in [5.74, 6) is 6.43. The van der Waals surface area contributed by atoms with E-state index in [0.29, 0.717) is 30.0 Å². The topological polar surface area (TPSA) is 47.6 Å². The van der Waals surface area contributed by atoms with Crippen LogP contribution in [0.4, 0.5) is 0 Å². The molecule has 1 amide bonds. The van der Waals surface area contributed by atoms with Crippen LogP contribution in [-0.4, -0.2) is 26.7 Å². The van der Waals surface area contributed by atoms with Crippen molar-refractivity contribution in [3.63, 3.8) is 0 Å². The summed E-state index contributed by atoms with van der Waals surface area (Å²) in [5, 5.41) is 2.78. The third-order valence-corrected chi connectivity index (χ3v) is 2.37. The molecular weight excluding hydrogens is 230 g/mol. The minimum atomic E-state index is -0.220. The van der Waals surface area contributed by atoms with Gasteiger partial charge < -0.3 is 14.8 Å². The second-order valence-electron chi connectivity index (χ2n) is 3.47. The summed E-state index contributed by atoms with van der Waals surface area (Å²) in [6.07, 6.45) is 0.625. The Morgan fingerprint density at radius 2 is 1.89 bits per heavy atom. The van der Waals surface area contributed by atoms with Crippen molar-refractivity contribution in [3.05, 3.63) is 23.8 Å². The molecule has 1 aromatic rings. The number of carbonyl (C=O) groups excluding carboxylic acids is 1. The predicted octanol–water partition coefficient (Wildman–Crippen LogP) is 1.85. The van der Waals surface area contributed by atoms with Crippen LogP contribution in [0, 0.1) is 11.8 Å². The van der Waals surface area contributed by atoms with E-state index >= 15 is 0 Å². The SMILES string of the molecule is CC#CCCNC(=O)c1c(OC)cccc1OC. The number of ether oxygens (including phenoxy) is 2. The molecule has 4 nitrogen and oxygen atoms in total. The van der Waals surface area contributed by atoms with Crippen molar-refractivity contribution in [1.82, 2.24) is 5.32 Å². The van der Waals surface area contributed by atoms with Gasteiger partial charge in [-0.1, -0.05) is 6.07 Å². The molecule has 0 fully saturated rings. The molecule has 0 heterocycles. The van der Waals surface area contributed by atoms with E-state index in [1.165, 1.54) is 14.2 Å². The lowest BCUT2D eigenvalue weighted by molar-refractivity contribution is 0.0948. The van der Waals surface area contributed by atoms with Crippen LogP contribution in [0.15, 0.2) is 18.2 Å². The van der Waals surface area contributed by atoms with Gasteiger partial charge in [0.05, 0.1) is 14.2 Å². The number of hydrogen-bond acceptors (Lipinski definition) is 3. The first-order valence-corrected chi connectivity index (χ1v) is 5.63. The van der Waals surface area contributed by atoms with Crippen molar-refractivity contribution in [1.29, 1.82) is 0 Å². The minimum Gasteiger partial charge on any atom is -0.496 e. The van der Waals surface area contributed by atoms with Crippen LogP contribution in [-0.2, 0) is 0 Å². The highest BCUT2D eigenvalue weighted by molar-refractivity contribution is 5.99. The number of rotatable bonds is 5. The van der Waals surface area contributed by atoms with E-state index in [1.807, 2.05) is 0 Å². The third-order valence-electron chi connectivity index (χ3n) is 2.37. The molecule has 0 aliphatic rings. The zero-order chi connectivity index (χ0) is 13.4. The first kappa shape index (κ1) is 13.9. The second kappa shape index (κ2) is 7.23. The lowest BCUT2D eigenvalue weighted by Gasteiger charge is -2.12. The summed E-state index contributed by atoms with van der Waals surface area (Å²) in [5.41, 5.74) is 0.409. The Morgan fingerprint density at radius 1 is 1.28 bits per heavy atom. The van der Waals surface area contributed by atoms with Crippen molar-refractivity contribution in [2.24, 2.45) is 0 Å². The van der Waals surface area contributed by atoms with Gasteiger partial charge in [-0.2, -0.15) is 0 Å². The molecule has 0 saturated heterocycles. The van der Waals surface area contributed by atoms with Gasteiger partial charge in [0.1, 0.15) is 17.1 Å². The zero-order valence-corrected chi connectivity index (χ0v) is 10.9. The number of methoxy groups -OCH3 is 2. The minimum absolute atomic E-state index is 0.220. The molecule has 0 aromatic heterocycles. The van der Waals surface area contributed by atoms with Gasteiger partial charge in [-0.3, -0.25) is 4.79 Å². The van der Waals surface area contributed by atoms with Crippen LogP contribution in [0.25, 0.3) is 0 Å². The van der Waals surface area contributed by atoms with Gasteiger partial charge in [0, 0.05) is 13.0 Å². The number of benzene rings is 1. The highest BCUT2D eigenvalue weighted by atomic mass is 16.5. The Kier molecular flexibility index (Phi) is 5.59. The average molecular weight is 247 g/mol. The maximum absolute atomic E-state index is 12.0. The molecule has 0 unspecified atom stereocenters. The van der Waals surface area contributed by atoms with Gasteiger partial charge in [-0.05, 0) is 19.1 Å². The Hall–Kier alpha value is -2.15. The lowest BCUT2D eigenvalue weighted by Crippen LogP contribution is -2.25. The summed E-state index contributed by atoms with van der Waals surface area (Å²) in [7, 11) is 3.04. The van der Waals surface area contributed by atoms with Crippen molar-refractivity contribution in [3.8, 4) is 23.3 Å². The van der Waals surface area contributed by atoms with Crippen molar-refractivity contribution < 1.29 is 14.3 Å². The molecular formula is C14H17NO3. The van der Waals surface area contributed by atoms with E-state index in [1.54, 1.807) is 25.1 Å². The summed E-state index contributed by atoms with van der Waals surface area (Å²) >= 11 is 0. The van der Waals surface area contributed by atoms with Gasteiger partial charge in [0.25, 0.3) is 5.91 Å². The van der Waals surface area contributed by atoms with Crippen molar-refractivity contribution in [2.45, 2.75) is 13.3 Å². The standard InChI is InChI=1S/C14H17NO3/c1-4-5-6-10-15-14(16)13-11(17-2)8-7-9-12(13)18-3/h7-9H,6,10H2,1-3H3,(H,15,16). The quantitative estimate of drug-likeness (QED) is 0.638. The molecule has 0 aliphatic heterocycles. The van der Waals surface area contributed by atoms with E-state index in [2.05, 4.69) is 17.2 Å². The highest BCUT2D eigenvalue weighted by Gasteiger charge is 2.17. The Balaban J connectivity index is 2.85. The van der Waals surface area contributed by atoms with E-state index in [9.17, 15) is 4.79 Å². The van der Waals surface area contributed by atoms with E-state index in [4.69, 9.17) is 9.47 Å². The van der Waals surface area contributed by atoms with Gasteiger partial charge in [-0.15, -0.1) is 11.8 Å². The molecule has 0 radical (unpaired) electrons. The molecule has 18 heavy (non-hydrogen) atoms. The molecule has 0 aliphatic carbocycles. The molecule has 0 spiro atoms. The van der Waals surface area contributed by atoms with E-state index < -0.39 is 0 Å². The molecule has 0 bridgehead atoms. The summed E-state index contributed by atoms with van der Waals surface area (Å²) in [4.78, 5) is 12.0. The van der Waals surface area contributed by atoms with Gasteiger partial charge in [0.2, 0.25) is 0 Å². The van der Waals surface area contributed by atoms with Gasteiger partial charge in [-0.25, -0.2) is 0 Å². The van der Waals surface area contributed by atoms with E-state index in [-0.39, 0.29) is 5.91 Å². The van der Waals surface area contributed by atoms with Gasteiger partial charge in [0.15, 0.2) is 0 Å². The first-order chi connectivity index (χ1) is 8.74. The summed E-state index contributed by atoms with van der Waals surface area (Å²) in [6.45, 7) is 2.27. The Labute approximate surface area is 107 Å². The average Bonchev–Trinajstić information content (AvgIpc) is 2.42. The van der Waals surface area contributed by atoms with Crippen LogP contribution in [0.3, 0.4) is 0 Å². The fourth-order valence-corrected chi connectivity index (χ4v) is 1.53. The predicted molar refractivity (Wildman–Crippen MR) is 69.9 cm³/mol. The number of hydrogen-bond donors (Lipinski definition) is 1. The van der Waals surface area contributed by atoms with Crippen molar-refractivity contribution in [2.75, 3.05) is 20.8 Å². The number of carbonyl (C=O) groups is 1.